The molecule has 44 heavy (non-hydrogen) atoms. The molecule has 3 heterocycles. The Morgan fingerprint density at radius 2 is 1.68 bits per heavy atom. The summed E-state index contributed by atoms with van der Waals surface area (Å²) in [6, 6.07) is 11.4. The van der Waals surface area contributed by atoms with E-state index in [2.05, 4.69) is 29.3 Å². The van der Waals surface area contributed by atoms with E-state index >= 15 is 0 Å². The minimum absolute atomic E-state index is 0.0466. The molecule has 10 nitrogen and oxygen atoms in total. The van der Waals surface area contributed by atoms with E-state index in [1.54, 1.807) is 18.1 Å². The Morgan fingerprint density at radius 3 is 2.36 bits per heavy atom. The molecule has 1 N–H and O–H groups in total. The Hall–Kier alpha value is -3.86. The first-order chi connectivity index (χ1) is 21.1. The Labute approximate surface area is 260 Å². The summed E-state index contributed by atoms with van der Waals surface area (Å²) in [5.41, 5.74) is 4.20. The number of halogens is 1. The summed E-state index contributed by atoms with van der Waals surface area (Å²) in [5.74, 6) is -2.52. The number of carbonyl (C=O) groups excluding carboxylic acids is 5. The number of benzene rings is 2. The van der Waals surface area contributed by atoms with Gasteiger partial charge >= 0.3 is 0 Å². The number of nitrogens with one attached hydrogen (secondary N) is 1. The van der Waals surface area contributed by atoms with Gasteiger partial charge in [-0.1, -0.05) is 23.7 Å². The molecule has 230 valence electrons. The Balaban J connectivity index is 1.13. The highest BCUT2D eigenvalue weighted by molar-refractivity contribution is 6.30. The predicted octanol–water partition coefficient (Wildman–Crippen LogP) is 3.54. The maximum atomic E-state index is 13.5. The fourth-order valence-corrected chi connectivity index (χ4v) is 6.83. The molecule has 2 unspecified atom stereocenters. The van der Waals surface area contributed by atoms with E-state index in [4.69, 9.17) is 16.3 Å². The largest absolute Gasteiger partial charge is 0.378 e. The van der Waals surface area contributed by atoms with Gasteiger partial charge in [0, 0.05) is 56.8 Å². The minimum Gasteiger partial charge on any atom is -0.378 e. The molecule has 2 aromatic rings. The van der Waals surface area contributed by atoms with Gasteiger partial charge in [-0.15, -0.1) is 0 Å². The van der Waals surface area contributed by atoms with Crippen LogP contribution in [0.2, 0.25) is 5.02 Å². The van der Waals surface area contributed by atoms with Crippen LogP contribution in [-0.2, 0) is 14.3 Å². The normalized spacial score (nSPS) is 24.6. The first kappa shape index (κ1) is 30.2. The zero-order valence-corrected chi connectivity index (χ0v) is 25.6. The summed E-state index contributed by atoms with van der Waals surface area (Å²) >= 11 is 6.15. The van der Waals surface area contributed by atoms with Crippen molar-refractivity contribution in [3.63, 3.8) is 0 Å². The van der Waals surface area contributed by atoms with Crippen LogP contribution >= 0.6 is 11.6 Å². The van der Waals surface area contributed by atoms with Crippen molar-refractivity contribution in [3.8, 4) is 0 Å². The maximum absolute atomic E-state index is 13.5. The van der Waals surface area contributed by atoms with Crippen LogP contribution in [0.4, 0.5) is 0 Å². The van der Waals surface area contributed by atoms with Crippen molar-refractivity contribution in [3.05, 3.63) is 75.3 Å². The molecule has 2 atom stereocenters. The number of rotatable bonds is 6. The third-order valence-electron chi connectivity index (χ3n) is 9.36. The molecular weight excluding hydrogens is 584 g/mol. The van der Waals surface area contributed by atoms with Gasteiger partial charge in [-0.3, -0.25) is 39.1 Å². The number of fused-ring (bicyclic) bond motifs is 1. The van der Waals surface area contributed by atoms with E-state index in [1.807, 2.05) is 12.1 Å². The number of piperazine rings is 1. The number of imide groups is 2. The van der Waals surface area contributed by atoms with Gasteiger partial charge in [0.1, 0.15) is 6.04 Å². The van der Waals surface area contributed by atoms with Gasteiger partial charge < -0.3 is 9.64 Å². The zero-order chi connectivity index (χ0) is 31.2. The maximum Gasteiger partial charge on any atom is 0.262 e. The Kier molecular flexibility index (Phi) is 8.17. The molecule has 1 aliphatic carbocycles. The smallest absolute Gasteiger partial charge is 0.262 e. The van der Waals surface area contributed by atoms with Crippen LogP contribution < -0.4 is 5.32 Å². The lowest BCUT2D eigenvalue weighted by Gasteiger charge is -2.39. The summed E-state index contributed by atoms with van der Waals surface area (Å²) in [6.45, 7) is 5.37. The summed E-state index contributed by atoms with van der Waals surface area (Å²) in [6.07, 6.45) is 2.81. The molecule has 0 aromatic heterocycles. The molecular formula is C33H35ClN4O6. The average Bonchev–Trinajstić information content (AvgIpc) is 3.26. The van der Waals surface area contributed by atoms with E-state index in [0.717, 1.165) is 30.7 Å². The molecule has 6 rings (SSSR count). The summed E-state index contributed by atoms with van der Waals surface area (Å²) in [4.78, 5) is 68.7. The van der Waals surface area contributed by atoms with Crippen molar-refractivity contribution in [1.29, 1.82) is 0 Å². The third kappa shape index (κ3) is 5.69. The highest BCUT2D eigenvalue weighted by atomic mass is 35.5. The molecule has 4 aliphatic rings. The number of hydrogen-bond donors (Lipinski definition) is 1. The lowest BCUT2D eigenvalue weighted by molar-refractivity contribution is -0.136. The van der Waals surface area contributed by atoms with Gasteiger partial charge in [-0.25, -0.2) is 0 Å². The van der Waals surface area contributed by atoms with Gasteiger partial charge in [0.05, 0.1) is 16.7 Å². The fraction of sp³-hybridized carbons (Fsp3) is 0.424. The Morgan fingerprint density at radius 1 is 0.977 bits per heavy atom. The Bertz CT molecular complexity index is 1580. The van der Waals surface area contributed by atoms with E-state index in [0.29, 0.717) is 36.8 Å². The van der Waals surface area contributed by atoms with Gasteiger partial charge in [0.2, 0.25) is 11.8 Å². The molecule has 11 heteroatoms. The number of ether oxygens (including phenoxy) is 1. The number of carbonyl (C=O) groups is 5. The van der Waals surface area contributed by atoms with Crippen LogP contribution in [0, 0.1) is 0 Å². The second-order valence-electron chi connectivity index (χ2n) is 12.2. The average molecular weight is 619 g/mol. The third-order valence-corrected chi connectivity index (χ3v) is 9.62. The molecule has 0 radical (unpaired) electrons. The van der Waals surface area contributed by atoms with Crippen LogP contribution in [0.3, 0.4) is 0 Å². The fourth-order valence-electron chi connectivity index (χ4n) is 6.70. The van der Waals surface area contributed by atoms with Crippen molar-refractivity contribution in [2.45, 2.75) is 50.7 Å². The van der Waals surface area contributed by atoms with Crippen LogP contribution in [0.25, 0.3) is 5.57 Å². The summed E-state index contributed by atoms with van der Waals surface area (Å²) in [7, 11) is 1.77. The van der Waals surface area contributed by atoms with Gasteiger partial charge in [-0.05, 0) is 79.6 Å². The van der Waals surface area contributed by atoms with Crippen molar-refractivity contribution >= 4 is 46.7 Å². The number of allylic oxidation sites excluding steroid dienone is 1. The van der Waals surface area contributed by atoms with Gasteiger partial charge in [0.15, 0.2) is 0 Å². The lowest BCUT2D eigenvalue weighted by atomic mass is 9.79. The van der Waals surface area contributed by atoms with Crippen molar-refractivity contribution in [2.75, 3.05) is 39.8 Å². The molecule has 5 amide bonds. The summed E-state index contributed by atoms with van der Waals surface area (Å²) < 4.78 is 5.89. The number of amides is 5. The molecule has 2 saturated heterocycles. The van der Waals surface area contributed by atoms with E-state index < -0.39 is 29.7 Å². The first-order valence-corrected chi connectivity index (χ1v) is 15.3. The van der Waals surface area contributed by atoms with Crippen LogP contribution in [0.5, 0.6) is 0 Å². The van der Waals surface area contributed by atoms with E-state index in [1.165, 1.54) is 28.8 Å². The second kappa shape index (κ2) is 11.9. The lowest BCUT2D eigenvalue weighted by Crippen LogP contribution is -2.54. The zero-order valence-electron chi connectivity index (χ0n) is 24.9. The van der Waals surface area contributed by atoms with E-state index in [9.17, 15) is 24.0 Å². The number of methoxy groups -OCH3 is 1. The molecule has 2 fully saturated rings. The number of piperidine rings is 1. The molecule has 2 aromatic carbocycles. The van der Waals surface area contributed by atoms with Crippen molar-refractivity contribution in [1.82, 2.24) is 20.0 Å². The van der Waals surface area contributed by atoms with Crippen LogP contribution in [-0.4, -0.2) is 95.7 Å². The molecule has 0 bridgehead atoms. The quantitative estimate of drug-likeness (QED) is 0.492. The predicted molar refractivity (Wildman–Crippen MR) is 163 cm³/mol. The second-order valence-corrected chi connectivity index (χ2v) is 12.6. The topological polar surface area (TPSA) is 116 Å². The molecule has 0 spiro atoms. The highest BCUT2D eigenvalue weighted by Crippen LogP contribution is 2.40. The SMILES string of the molecule is COC1(C)CCC(c2ccc(Cl)cc2)=C(CN2CCN(C(=O)c3ccc4c(c3)C(=O)N(C3CCC(=O)NC3=O)C4=O)CC2)C1. The van der Waals surface area contributed by atoms with Gasteiger partial charge in [-0.2, -0.15) is 0 Å². The van der Waals surface area contributed by atoms with E-state index in [-0.39, 0.29) is 35.5 Å². The van der Waals surface area contributed by atoms with Crippen molar-refractivity contribution < 1.29 is 28.7 Å². The molecule has 0 saturated carbocycles. The number of nitrogens with zero attached hydrogens (tertiary/aromatic N) is 3. The minimum atomic E-state index is -1.05. The van der Waals surface area contributed by atoms with Crippen LogP contribution in [0.1, 0.15) is 75.7 Å². The standard InChI is InChI=1S/C33H35ClN4O6/c1-33(44-2)12-11-24(20-3-6-23(34)7-4-20)22(18-33)19-36-13-15-37(16-14-36)30(41)21-5-8-25-26(17-21)32(43)38(31(25)42)27-9-10-28(39)35-29(27)40/h3-8,17,27H,9-16,18-19H2,1-2H3,(H,35,39,40). The van der Waals surface area contributed by atoms with Crippen molar-refractivity contribution in [2.24, 2.45) is 0 Å². The highest BCUT2D eigenvalue weighted by Gasteiger charge is 2.45. The first-order valence-electron chi connectivity index (χ1n) is 15.0. The van der Waals surface area contributed by atoms with Gasteiger partial charge in [0.25, 0.3) is 17.7 Å². The monoisotopic (exact) mass is 618 g/mol. The number of hydrogen-bond acceptors (Lipinski definition) is 7. The summed E-state index contributed by atoms with van der Waals surface area (Å²) in [5, 5.41) is 2.90. The molecule has 3 aliphatic heterocycles. The van der Waals surface area contributed by atoms with Crippen LogP contribution in [0.15, 0.2) is 48.0 Å².